The molecule has 0 spiro atoms. The lowest BCUT2D eigenvalue weighted by Gasteiger charge is -2.13. The number of carbonyl (C=O) groups excluding carboxylic acids is 1. The second-order valence-corrected chi connectivity index (χ2v) is 8.00. The summed E-state index contributed by atoms with van der Waals surface area (Å²) in [6.07, 6.45) is 1.57. The zero-order valence-electron chi connectivity index (χ0n) is 17.2. The fourth-order valence-electron chi connectivity index (χ4n) is 3.09. The summed E-state index contributed by atoms with van der Waals surface area (Å²) in [6.45, 7) is 2.74. The predicted octanol–water partition coefficient (Wildman–Crippen LogP) is 5.75. The van der Waals surface area contributed by atoms with Crippen molar-refractivity contribution < 1.29 is 23.4 Å². The third-order valence-electron chi connectivity index (χ3n) is 4.64. The molecule has 3 aromatic rings. The number of nitrogens with zero attached hydrogens (tertiary/aromatic N) is 1. The minimum absolute atomic E-state index is 0.0539. The molecule has 5 nitrogen and oxygen atoms in total. The van der Waals surface area contributed by atoms with Gasteiger partial charge in [-0.1, -0.05) is 36.4 Å². The van der Waals surface area contributed by atoms with E-state index in [0.717, 1.165) is 9.13 Å². The molecular formula is C25H19FINO4. The van der Waals surface area contributed by atoms with Crippen molar-refractivity contribution in [2.24, 2.45) is 4.99 Å². The Hall–Kier alpha value is -3.20. The molecule has 7 heteroatoms. The molecule has 1 heterocycles. The van der Waals surface area contributed by atoms with Crippen molar-refractivity contribution in [2.75, 3.05) is 6.61 Å². The van der Waals surface area contributed by atoms with E-state index in [9.17, 15) is 9.18 Å². The molecule has 0 aliphatic carbocycles. The van der Waals surface area contributed by atoms with Crippen LogP contribution < -0.4 is 9.47 Å². The Morgan fingerprint density at radius 2 is 1.81 bits per heavy atom. The van der Waals surface area contributed by atoms with E-state index in [1.165, 1.54) is 12.1 Å². The molecule has 0 bridgehead atoms. The van der Waals surface area contributed by atoms with Crippen molar-refractivity contribution in [1.82, 2.24) is 0 Å². The molecule has 162 valence electrons. The van der Waals surface area contributed by atoms with E-state index >= 15 is 0 Å². The summed E-state index contributed by atoms with van der Waals surface area (Å²) in [4.78, 5) is 16.4. The largest absolute Gasteiger partial charge is 0.490 e. The van der Waals surface area contributed by atoms with Gasteiger partial charge in [0.25, 0.3) is 0 Å². The first-order valence-electron chi connectivity index (χ1n) is 9.95. The smallest absolute Gasteiger partial charge is 0.363 e. The average molecular weight is 543 g/mol. The van der Waals surface area contributed by atoms with Crippen molar-refractivity contribution in [3.63, 3.8) is 0 Å². The quantitative estimate of drug-likeness (QED) is 0.216. The maximum atomic E-state index is 14.0. The number of cyclic esters (lactones) is 1. The van der Waals surface area contributed by atoms with Gasteiger partial charge in [0.1, 0.15) is 12.4 Å². The van der Waals surface area contributed by atoms with Gasteiger partial charge in [-0.25, -0.2) is 14.2 Å². The molecule has 0 saturated heterocycles. The Morgan fingerprint density at radius 1 is 1.03 bits per heavy atom. The van der Waals surface area contributed by atoms with E-state index in [-0.39, 0.29) is 17.2 Å². The minimum atomic E-state index is -0.639. The molecular weight excluding hydrogens is 524 g/mol. The van der Waals surface area contributed by atoms with Gasteiger partial charge in [0.2, 0.25) is 5.90 Å². The van der Waals surface area contributed by atoms with Crippen LogP contribution in [0.5, 0.6) is 11.5 Å². The summed E-state index contributed by atoms with van der Waals surface area (Å²) in [5.41, 5.74) is 1.97. The number of hydrogen-bond acceptors (Lipinski definition) is 5. The highest BCUT2D eigenvalue weighted by Gasteiger charge is 2.26. The van der Waals surface area contributed by atoms with Crippen LogP contribution in [-0.2, 0) is 16.1 Å². The number of rotatable bonds is 7. The van der Waals surface area contributed by atoms with E-state index < -0.39 is 11.8 Å². The van der Waals surface area contributed by atoms with Gasteiger partial charge in [0.05, 0.1) is 12.2 Å². The molecule has 3 aromatic carbocycles. The Labute approximate surface area is 198 Å². The Morgan fingerprint density at radius 3 is 2.59 bits per heavy atom. The first-order chi connectivity index (χ1) is 15.5. The van der Waals surface area contributed by atoms with Crippen LogP contribution in [0.3, 0.4) is 0 Å². The lowest BCUT2D eigenvalue weighted by atomic mass is 10.1. The SMILES string of the molecule is CCOc1cc(/C=C2\N=C(c3ccccc3F)OC2=O)ccc1OCc1ccccc1I. The Kier molecular flexibility index (Phi) is 6.84. The maximum absolute atomic E-state index is 14.0. The molecule has 0 aromatic heterocycles. The van der Waals surface area contributed by atoms with E-state index in [1.807, 2.05) is 31.2 Å². The summed E-state index contributed by atoms with van der Waals surface area (Å²) in [7, 11) is 0. The second kappa shape index (κ2) is 9.95. The van der Waals surface area contributed by atoms with Gasteiger partial charge in [0, 0.05) is 9.13 Å². The van der Waals surface area contributed by atoms with Crippen LogP contribution in [0.25, 0.3) is 6.08 Å². The highest BCUT2D eigenvalue weighted by Crippen LogP contribution is 2.31. The molecule has 0 radical (unpaired) electrons. The molecule has 0 atom stereocenters. The highest BCUT2D eigenvalue weighted by molar-refractivity contribution is 14.1. The zero-order valence-corrected chi connectivity index (χ0v) is 19.3. The molecule has 1 aliphatic heterocycles. The Balaban J connectivity index is 1.58. The number of esters is 1. The summed E-state index contributed by atoms with van der Waals surface area (Å²) in [5.74, 6) is -0.0499. The lowest BCUT2D eigenvalue weighted by molar-refractivity contribution is -0.129. The van der Waals surface area contributed by atoms with Gasteiger partial charge in [-0.3, -0.25) is 0 Å². The molecule has 32 heavy (non-hydrogen) atoms. The fraction of sp³-hybridized carbons (Fsp3) is 0.120. The van der Waals surface area contributed by atoms with Crippen molar-refractivity contribution in [1.29, 1.82) is 0 Å². The summed E-state index contributed by atoms with van der Waals surface area (Å²) >= 11 is 2.27. The lowest BCUT2D eigenvalue weighted by Crippen LogP contribution is -2.07. The minimum Gasteiger partial charge on any atom is -0.490 e. The van der Waals surface area contributed by atoms with Crippen molar-refractivity contribution >= 4 is 40.5 Å². The number of halogens is 2. The number of benzene rings is 3. The second-order valence-electron chi connectivity index (χ2n) is 6.84. The van der Waals surface area contributed by atoms with Crippen LogP contribution in [0, 0.1) is 9.39 Å². The van der Waals surface area contributed by atoms with Gasteiger partial charge in [-0.15, -0.1) is 0 Å². The number of aliphatic imine (C=N–C) groups is 1. The summed E-state index contributed by atoms with van der Waals surface area (Å²) < 4.78 is 32.0. The first kappa shape index (κ1) is 22.0. The fourth-order valence-corrected chi connectivity index (χ4v) is 3.63. The third-order valence-corrected chi connectivity index (χ3v) is 5.69. The molecule has 0 amide bonds. The normalized spacial score (nSPS) is 14.3. The molecule has 1 aliphatic rings. The highest BCUT2D eigenvalue weighted by atomic mass is 127. The van der Waals surface area contributed by atoms with Crippen LogP contribution in [0.4, 0.5) is 4.39 Å². The molecule has 0 N–H and O–H groups in total. The maximum Gasteiger partial charge on any atom is 0.363 e. The average Bonchev–Trinajstić information content (AvgIpc) is 3.14. The van der Waals surface area contributed by atoms with Crippen LogP contribution in [0.2, 0.25) is 0 Å². The predicted molar refractivity (Wildman–Crippen MR) is 128 cm³/mol. The van der Waals surface area contributed by atoms with Crippen LogP contribution >= 0.6 is 22.6 Å². The summed E-state index contributed by atoms with van der Waals surface area (Å²) in [5, 5.41) is 0. The number of carbonyl (C=O) groups is 1. The number of ether oxygens (including phenoxy) is 3. The third kappa shape index (κ3) is 4.99. The van der Waals surface area contributed by atoms with E-state index in [0.29, 0.717) is 30.3 Å². The first-order valence-corrected chi connectivity index (χ1v) is 11.0. The van der Waals surface area contributed by atoms with Gasteiger partial charge in [-0.05, 0) is 71.5 Å². The van der Waals surface area contributed by atoms with E-state index in [2.05, 4.69) is 27.6 Å². The van der Waals surface area contributed by atoms with Crippen LogP contribution in [0.1, 0.15) is 23.6 Å². The standard InChI is InChI=1S/C25H19FINO4/c1-2-30-23-14-16(11-12-22(23)31-15-17-7-3-6-10-20(17)27)13-21-25(29)32-24(28-21)18-8-4-5-9-19(18)26/h3-14H,2,15H2,1H3/b21-13-. The van der Waals surface area contributed by atoms with Crippen LogP contribution in [-0.4, -0.2) is 18.5 Å². The Bertz CT molecular complexity index is 1220. The monoisotopic (exact) mass is 543 g/mol. The molecule has 0 fully saturated rings. The van der Waals surface area contributed by atoms with E-state index in [4.69, 9.17) is 14.2 Å². The van der Waals surface area contributed by atoms with Gasteiger partial charge in [0.15, 0.2) is 17.2 Å². The van der Waals surface area contributed by atoms with Crippen LogP contribution in [0.15, 0.2) is 77.4 Å². The molecule has 0 unspecified atom stereocenters. The van der Waals surface area contributed by atoms with Crippen molar-refractivity contribution in [3.8, 4) is 11.5 Å². The van der Waals surface area contributed by atoms with Gasteiger partial charge in [-0.2, -0.15) is 0 Å². The molecule has 0 saturated carbocycles. The van der Waals surface area contributed by atoms with Crippen molar-refractivity contribution in [2.45, 2.75) is 13.5 Å². The molecule has 4 rings (SSSR count). The van der Waals surface area contributed by atoms with Gasteiger partial charge < -0.3 is 14.2 Å². The number of hydrogen-bond donors (Lipinski definition) is 0. The zero-order chi connectivity index (χ0) is 22.5. The van der Waals surface area contributed by atoms with Crippen molar-refractivity contribution in [3.05, 3.63) is 98.5 Å². The van der Waals surface area contributed by atoms with E-state index in [1.54, 1.807) is 36.4 Å². The topological polar surface area (TPSA) is 57.1 Å². The van der Waals surface area contributed by atoms with Gasteiger partial charge >= 0.3 is 5.97 Å². The summed E-state index contributed by atoms with van der Waals surface area (Å²) in [6, 6.07) is 19.3.